The second-order valence-electron chi connectivity index (χ2n) is 4.90. The van der Waals surface area contributed by atoms with Crippen LogP contribution in [0.3, 0.4) is 0 Å². The second-order valence-corrected chi connectivity index (χ2v) is 4.90. The van der Waals surface area contributed by atoms with Crippen LogP contribution in [0.25, 0.3) is 0 Å². The Kier molecular flexibility index (Phi) is 6.84. The molecule has 4 nitrogen and oxygen atoms in total. The molecule has 112 valence electrons. The molecule has 0 fully saturated rings. The van der Waals surface area contributed by atoms with E-state index >= 15 is 0 Å². The van der Waals surface area contributed by atoms with Crippen LogP contribution >= 0.6 is 0 Å². The highest BCUT2D eigenvalue weighted by Gasteiger charge is 2.05. The average molecular weight is 281 g/mol. The van der Waals surface area contributed by atoms with Gasteiger partial charge in [-0.2, -0.15) is 0 Å². The van der Waals surface area contributed by atoms with Gasteiger partial charge in [0, 0.05) is 12.6 Å². The Bertz CT molecular complexity index is 418. The second kappa shape index (κ2) is 8.40. The molecular formula is C15H24FN3O. The van der Waals surface area contributed by atoms with E-state index in [1.54, 1.807) is 12.1 Å². The fourth-order valence-electron chi connectivity index (χ4n) is 1.60. The number of rotatable bonds is 6. The zero-order valence-electron chi connectivity index (χ0n) is 12.6. The molecule has 5 heteroatoms. The Morgan fingerprint density at radius 3 is 2.45 bits per heavy atom. The summed E-state index contributed by atoms with van der Waals surface area (Å²) >= 11 is 0. The summed E-state index contributed by atoms with van der Waals surface area (Å²) in [7, 11) is 0. The van der Waals surface area contributed by atoms with Crippen LogP contribution < -0.4 is 15.4 Å². The van der Waals surface area contributed by atoms with Crippen molar-refractivity contribution in [1.82, 2.24) is 10.6 Å². The molecule has 20 heavy (non-hydrogen) atoms. The summed E-state index contributed by atoms with van der Waals surface area (Å²) in [6.07, 6.45) is -0.0805. The van der Waals surface area contributed by atoms with Crippen molar-refractivity contribution in [3.8, 4) is 5.75 Å². The minimum absolute atomic E-state index is 0.0805. The average Bonchev–Trinajstić information content (AvgIpc) is 2.38. The number of ether oxygens (including phenoxy) is 1. The first kappa shape index (κ1) is 16.3. The zero-order chi connectivity index (χ0) is 15.0. The minimum atomic E-state index is -0.265. The van der Waals surface area contributed by atoms with Crippen LogP contribution in [0.5, 0.6) is 5.75 Å². The van der Waals surface area contributed by atoms with Gasteiger partial charge in [0.15, 0.2) is 5.96 Å². The number of hydrogen-bond donors (Lipinski definition) is 2. The minimum Gasteiger partial charge on any atom is -0.489 e. The predicted molar refractivity (Wildman–Crippen MR) is 80.7 cm³/mol. The molecule has 2 N–H and O–H groups in total. The Balaban J connectivity index is 2.50. The number of nitrogens with zero attached hydrogens (tertiary/aromatic N) is 1. The van der Waals surface area contributed by atoms with Gasteiger partial charge in [-0.15, -0.1) is 0 Å². The smallest absolute Gasteiger partial charge is 0.191 e. The van der Waals surface area contributed by atoms with Crippen LogP contribution in [0.2, 0.25) is 0 Å². The van der Waals surface area contributed by atoms with Gasteiger partial charge in [-0.1, -0.05) is 0 Å². The lowest BCUT2D eigenvalue weighted by molar-refractivity contribution is 0.230. The van der Waals surface area contributed by atoms with E-state index in [2.05, 4.69) is 29.5 Å². The molecule has 0 aliphatic carbocycles. The van der Waals surface area contributed by atoms with E-state index in [-0.39, 0.29) is 11.9 Å². The van der Waals surface area contributed by atoms with Crippen LogP contribution in [0.15, 0.2) is 29.3 Å². The number of halogens is 1. The van der Waals surface area contributed by atoms with Gasteiger partial charge < -0.3 is 15.4 Å². The normalized spacial score (nSPS) is 13.2. The van der Waals surface area contributed by atoms with Gasteiger partial charge in [-0.25, -0.2) is 9.38 Å². The van der Waals surface area contributed by atoms with Gasteiger partial charge in [0.2, 0.25) is 0 Å². The zero-order valence-corrected chi connectivity index (χ0v) is 12.6. The summed E-state index contributed by atoms with van der Waals surface area (Å²) < 4.78 is 18.5. The molecule has 0 aromatic heterocycles. The van der Waals surface area contributed by atoms with Gasteiger partial charge in [0.1, 0.15) is 17.7 Å². The molecule has 0 aliphatic heterocycles. The molecule has 1 unspecified atom stereocenters. The molecule has 1 aromatic rings. The third-order valence-electron chi connectivity index (χ3n) is 2.43. The van der Waals surface area contributed by atoms with E-state index in [9.17, 15) is 4.39 Å². The van der Waals surface area contributed by atoms with Gasteiger partial charge >= 0.3 is 0 Å². The van der Waals surface area contributed by atoms with Crippen molar-refractivity contribution >= 4 is 5.96 Å². The molecule has 0 radical (unpaired) electrons. The van der Waals surface area contributed by atoms with Crippen LogP contribution in [0.4, 0.5) is 4.39 Å². The van der Waals surface area contributed by atoms with Crippen LogP contribution in [0, 0.1) is 5.82 Å². The summed E-state index contributed by atoms with van der Waals surface area (Å²) in [5.41, 5.74) is 0. The maximum atomic E-state index is 12.8. The Morgan fingerprint density at radius 2 is 1.90 bits per heavy atom. The van der Waals surface area contributed by atoms with E-state index < -0.39 is 0 Å². The number of benzene rings is 1. The molecule has 0 heterocycles. The van der Waals surface area contributed by atoms with Crippen molar-refractivity contribution in [2.45, 2.75) is 39.8 Å². The third kappa shape index (κ3) is 6.41. The molecule has 0 amide bonds. The summed E-state index contributed by atoms with van der Waals surface area (Å²) in [6.45, 7) is 9.42. The van der Waals surface area contributed by atoms with Gasteiger partial charge in [-0.3, -0.25) is 0 Å². The number of hydrogen-bond acceptors (Lipinski definition) is 2. The van der Waals surface area contributed by atoms with Crippen molar-refractivity contribution in [3.05, 3.63) is 30.1 Å². The summed E-state index contributed by atoms with van der Waals surface area (Å²) in [4.78, 5) is 4.46. The first-order chi connectivity index (χ1) is 9.51. The lowest BCUT2D eigenvalue weighted by Crippen LogP contribution is -2.41. The molecule has 0 saturated heterocycles. The molecule has 1 atom stereocenters. The predicted octanol–water partition coefficient (Wildman–Crippen LogP) is 2.56. The van der Waals surface area contributed by atoms with Crippen molar-refractivity contribution in [2.24, 2.45) is 4.99 Å². The van der Waals surface area contributed by atoms with Crippen molar-refractivity contribution < 1.29 is 9.13 Å². The van der Waals surface area contributed by atoms with E-state index in [4.69, 9.17) is 4.74 Å². The third-order valence-corrected chi connectivity index (χ3v) is 2.43. The van der Waals surface area contributed by atoms with Crippen molar-refractivity contribution in [3.63, 3.8) is 0 Å². The lowest BCUT2D eigenvalue weighted by atomic mass is 10.3. The van der Waals surface area contributed by atoms with Gasteiger partial charge in [0.05, 0.1) is 6.54 Å². The highest BCUT2D eigenvalue weighted by molar-refractivity contribution is 5.79. The molecule has 0 spiro atoms. The van der Waals surface area contributed by atoms with E-state index in [0.29, 0.717) is 18.3 Å². The first-order valence-corrected chi connectivity index (χ1v) is 6.98. The maximum Gasteiger partial charge on any atom is 0.191 e. The van der Waals surface area contributed by atoms with Crippen molar-refractivity contribution in [1.29, 1.82) is 0 Å². The Hall–Kier alpha value is -1.78. The largest absolute Gasteiger partial charge is 0.489 e. The van der Waals surface area contributed by atoms with Crippen molar-refractivity contribution in [2.75, 3.05) is 13.1 Å². The molecule has 0 saturated carbocycles. The molecule has 1 aromatic carbocycles. The van der Waals surface area contributed by atoms with E-state index in [1.807, 2.05) is 13.8 Å². The summed E-state index contributed by atoms with van der Waals surface area (Å²) in [5.74, 6) is 1.16. The number of aliphatic imine (C=N–C) groups is 1. The maximum absolute atomic E-state index is 12.8. The summed E-state index contributed by atoms with van der Waals surface area (Å²) in [5, 5.41) is 6.42. The standard InChI is InChI=1S/C15H24FN3O/c1-5-17-15(19-11(2)3)18-10-12(4)20-14-8-6-13(16)7-9-14/h6-9,11-12H,5,10H2,1-4H3,(H2,17,18,19). The Labute approximate surface area is 120 Å². The summed E-state index contributed by atoms with van der Waals surface area (Å²) in [6, 6.07) is 6.33. The quantitative estimate of drug-likeness (QED) is 0.622. The SMILES string of the molecule is CCNC(=NCC(C)Oc1ccc(F)cc1)NC(C)C. The topological polar surface area (TPSA) is 45.7 Å². The molecule has 0 bridgehead atoms. The monoisotopic (exact) mass is 281 g/mol. The fraction of sp³-hybridized carbons (Fsp3) is 0.533. The highest BCUT2D eigenvalue weighted by Crippen LogP contribution is 2.12. The Morgan fingerprint density at radius 1 is 1.25 bits per heavy atom. The van der Waals surface area contributed by atoms with Crippen LogP contribution in [-0.4, -0.2) is 31.2 Å². The van der Waals surface area contributed by atoms with Gasteiger partial charge in [-0.05, 0) is 52.0 Å². The molecule has 0 aliphatic rings. The van der Waals surface area contributed by atoms with Crippen LogP contribution in [-0.2, 0) is 0 Å². The lowest BCUT2D eigenvalue weighted by Gasteiger charge is -2.16. The first-order valence-electron chi connectivity index (χ1n) is 6.98. The highest BCUT2D eigenvalue weighted by atomic mass is 19.1. The van der Waals surface area contributed by atoms with E-state index in [1.165, 1.54) is 12.1 Å². The number of nitrogens with one attached hydrogen (secondary N) is 2. The number of guanidine groups is 1. The molecule has 1 rings (SSSR count). The van der Waals surface area contributed by atoms with Crippen LogP contribution in [0.1, 0.15) is 27.7 Å². The fourth-order valence-corrected chi connectivity index (χ4v) is 1.60. The van der Waals surface area contributed by atoms with E-state index in [0.717, 1.165) is 12.5 Å². The molecular weight excluding hydrogens is 257 g/mol. The van der Waals surface area contributed by atoms with Gasteiger partial charge in [0.25, 0.3) is 0 Å².